The lowest BCUT2D eigenvalue weighted by Gasteiger charge is -2.40. The number of nitrogens with two attached hydrogens (primary N) is 1. The molecule has 1 aliphatic rings. The Morgan fingerprint density at radius 1 is 1.53 bits per heavy atom. The first-order valence-electron chi connectivity index (χ1n) is 5.42. The Morgan fingerprint density at radius 3 is 2.87 bits per heavy atom. The summed E-state index contributed by atoms with van der Waals surface area (Å²) in [5, 5.41) is 0. The van der Waals surface area contributed by atoms with Gasteiger partial charge in [0.25, 0.3) is 0 Å². The Hall–Kier alpha value is -0.840. The minimum atomic E-state index is -0.283. The number of ether oxygens (including phenoxy) is 1. The molecule has 2 rings (SSSR count). The van der Waals surface area contributed by atoms with Gasteiger partial charge in [0.1, 0.15) is 0 Å². The summed E-state index contributed by atoms with van der Waals surface area (Å²) in [5.41, 5.74) is 7.24. The van der Waals surface area contributed by atoms with E-state index in [0.29, 0.717) is 0 Å². The van der Waals surface area contributed by atoms with Crippen LogP contribution in [-0.2, 0) is 11.2 Å². The van der Waals surface area contributed by atoms with Gasteiger partial charge in [0.15, 0.2) is 0 Å². The summed E-state index contributed by atoms with van der Waals surface area (Å²) in [4.78, 5) is 5.48. The van der Waals surface area contributed by atoms with E-state index in [1.165, 1.54) is 5.69 Å². The van der Waals surface area contributed by atoms with Crippen LogP contribution in [0.4, 0.5) is 0 Å². The molecule has 0 radical (unpaired) electrons. The SMILES string of the molecule is CC(N)(Cc1ccc[nH]1)N1CCOCC1. The number of nitrogens with zero attached hydrogens (tertiary/aromatic N) is 1. The van der Waals surface area contributed by atoms with Gasteiger partial charge < -0.3 is 15.5 Å². The minimum Gasteiger partial charge on any atom is -0.379 e. The quantitative estimate of drug-likeness (QED) is 0.765. The van der Waals surface area contributed by atoms with Gasteiger partial charge >= 0.3 is 0 Å². The van der Waals surface area contributed by atoms with E-state index < -0.39 is 0 Å². The van der Waals surface area contributed by atoms with Crippen LogP contribution in [0.3, 0.4) is 0 Å². The Bertz CT molecular complexity index is 289. The molecule has 15 heavy (non-hydrogen) atoms. The first-order valence-corrected chi connectivity index (χ1v) is 5.42. The van der Waals surface area contributed by atoms with Crippen LogP contribution >= 0.6 is 0 Å². The monoisotopic (exact) mass is 209 g/mol. The van der Waals surface area contributed by atoms with Gasteiger partial charge in [-0.2, -0.15) is 0 Å². The van der Waals surface area contributed by atoms with E-state index in [2.05, 4.69) is 22.9 Å². The molecule has 0 aliphatic carbocycles. The molecule has 0 amide bonds. The number of hydrogen-bond donors (Lipinski definition) is 2. The predicted octanol–water partition coefficient (Wildman–Crippen LogP) is 0.564. The molecule has 0 bridgehead atoms. The van der Waals surface area contributed by atoms with E-state index in [4.69, 9.17) is 10.5 Å². The topological polar surface area (TPSA) is 54.3 Å². The van der Waals surface area contributed by atoms with E-state index >= 15 is 0 Å². The zero-order valence-electron chi connectivity index (χ0n) is 9.20. The highest BCUT2D eigenvalue weighted by Gasteiger charge is 2.29. The lowest BCUT2D eigenvalue weighted by atomic mass is 10.0. The summed E-state index contributed by atoms with van der Waals surface area (Å²) >= 11 is 0. The number of aromatic nitrogens is 1. The molecule has 1 aromatic rings. The molecule has 1 aromatic heterocycles. The third-order valence-corrected chi connectivity index (χ3v) is 2.94. The largest absolute Gasteiger partial charge is 0.379 e. The average Bonchev–Trinajstić information content (AvgIpc) is 2.71. The van der Waals surface area contributed by atoms with Gasteiger partial charge in [-0.25, -0.2) is 0 Å². The summed E-state index contributed by atoms with van der Waals surface area (Å²) in [6.07, 6.45) is 2.78. The van der Waals surface area contributed by atoms with Crippen LogP contribution in [0.2, 0.25) is 0 Å². The molecular weight excluding hydrogens is 190 g/mol. The van der Waals surface area contributed by atoms with Gasteiger partial charge in [-0.15, -0.1) is 0 Å². The zero-order valence-corrected chi connectivity index (χ0v) is 9.20. The molecule has 0 aromatic carbocycles. The van der Waals surface area contributed by atoms with Crippen LogP contribution in [0.5, 0.6) is 0 Å². The number of morpholine rings is 1. The third-order valence-electron chi connectivity index (χ3n) is 2.94. The lowest BCUT2D eigenvalue weighted by Crippen LogP contribution is -2.58. The van der Waals surface area contributed by atoms with Gasteiger partial charge in [-0.05, 0) is 19.1 Å². The maximum absolute atomic E-state index is 6.33. The summed E-state index contributed by atoms with van der Waals surface area (Å²) in [7, 11) is 0. The second kappa shape index (κ2) is 4.35. The Kier molecular flexibility index (Phi) is 3.09. The van der Waals surface area contributed by atoms with Crippen molar-refractivity contribution in [2.75, 3.05) is 26.3 Å². The fraction of sp³-hybridized carbons (Fsp3) is 0.636. The van der Waals surface area contributed by atoms with Crippen molar-refractivity contribution in [1.82, 2.24) is 9.88 Å². The van der Waals surface area contributed by atoms with Gasteiger partial charge in [-0.3, -0.25) is 4.90 Å². The summed E-state index contributed by atoms with van der Waals surface area (Å²) in [5.74, 6) is 0. The van der Waals surface area contributed by atoms with Gasteiger partial charge in [0.05, 0.1) is 18.9 Å². The molecule has 2 heterocycles. The highest BCUT2D eigenvalue weighted by Crippen LogP contribution is 2.15. The van der Waals surface area contributed by atoms with Crippen molar-refractivity contribution in [2.45, 2.75) is 19.0 Å². The molecule has 1 unspecified atom stereocenters. The van der Waals surface area contributed by atoms with Crippen LogP contribution in [0.25, 0.3) is 0 Å². The predicted molar refractivity (Wildman–Crippen MR) is 59.5 cm³/mol. The molecule has 0 spiro atoms. The molecule has 84 valence electrons. The van der Waals surface area contributed by atoms with Crippen LogP contribution in [0.1, 0.15) is 12.6 Å². The van der Waals surface area contributed by atoms with Crippen molar-refractivity contribution in [3.05, 3.63) is 24.0 Å². The molecule has 0 saturated carbocycles. The molecule has 1 aliphatic heterocycles. The number of hydrogen-bond acceptors (Lipinski definition) is 3. The van der Waals surface area contributed by atoms with Crippen molar-refractivity contribution in [1.29, 1.82) is 0 Å². The number of nitrogens with one attached hydrogen (secondary N) is 1. The number of aromatic amines is 1. The lowest BCUT2D eigenvalue weighted by molar-refractivity contribution is -0.0145. The van der Waals surface area contributed by atoms with Crippen molar-refractivity contribution in [3.8, 4) is 0 Å². The summed E-state index contributed by atoms with van der Waals surface area (Å²) in [6.45, 7) is 5.51. The van der Waals surface area contributed by atoms with E-state index in [1.807, 2.05) is 12.3 Å². The van der Waals surface area contributed by atoms with Crippen LogP contribution in [0.15, 0.2) is 18.3 Å². The second-order valence-corrected chi connectivity index (χ2v) is 4.33. The molecule has 1 atom stereocenters. The van der Waals surface area contributed by atoms with Gasteiger partial charge in [0.2, 0.25) is 0 Å². The van der Waals surface area contributed by atoms with Crippen LogP contribution in [-0.4, -0.2) is 41.9 Å². The van der Waals surface area contributed by atoms with Gasteiger partial charge in [-0.1, -0.05) is 0 Å². The van der Waals surface area contributed by atoms with E-state index in [1.54, 1.807) is 0 Å². The molecular formula is C11H19N3O. The maximum atomic E-state index is 6.33. The first-order chi connectivity index (χ1) is 7.18. The van der Waals surface area contributed by atoms with Crippen LogP contribution < -0.4 is 5.73 Å². The van der Waals surface area contributed by atoms with Crippen molar-refractivity contribution in [2.24, 2.45) is 5.73 Å². The van der Waals surface area contributed by atoms with Crippen molar-refractivity contribution < 1.29 is 4.74 Å². The molecule has 4 nitrogen and oxygen atoms in total. The molecule has 1 saturated heterocycles. The highest BCUT2D eigenvalue weighted by atomic mass is 16.5. The molecule has 1 fully saturated rings. The Morgan fingerprint density at radius 2 is 2.27 bits per heavy atom. The third kappa shape index (κ3) is 2.59. The van der Waals surface area contributed by atoms with Crippen molar-refractivity contribution >= 4 is 0 Å². The van der Waals surface area contributed by atoms with E-state index in [-0.39, 0.29) is 5.66 Å². The Labute approximate surface area is 90.4 Å². The fourth-order valence-electron chi connectivity index (χ4n) is 2.05. The second-order valence-electron chi connectivity index (χ2n) is 4.33. The summed E-state index contributed by atoms with van der Waals surface area (Å²) < 4.78 is 5.33. The van der Waals surface area contributed by atoms with Crippen LogP contribution in [0, 0.1) is 0 Å². The molecule has 3 N–H and O–H groups in total. The van der Waals surface area contributed by atoms with Gasteiger partial charge in [0, 0.05) is 31.4 Å². The first kappa shape index (κ1) is 10.7. The number of H-pyrrole nitrogens is 1. The zero-order chi connectivity index (χ0) is 10.7. The van der Waals surface area contributed by atoms with Crippen molar-refractivity contribution in [3.63, 3.8) is 0 Å². The summed E-state index contributed by atoms with van der Waals surface area (Å²) in [6, 6.07) is 4.08. The maximum Gasteiger partial charge on any atom is 0.0715 e. The number of rotatable bonds is 3. The highest BCUT2D eigenvalue weighted by molar-refractivity contribution is 5.07. The minimum absolute atomic E-state index is 0.283. The normalized spacial score (nSPS) is 22.5. The smallest absolute Gasteiger partial charge is 0.0715 e. The van der Waals surface area contributed by atoms with E-state index in [9.17, 15) is 0 Å². The standard InChI is InChI=1S/C11H19N3O/c1-11(12,9-10-3-2-4-13-10)14-5-7-15-8-6-14/h2-4,13H,5-9,12H2,1H3. The Balaban J connectivity index is 1.98. The van der Waals surface area contributed by atoms with E-state index in [0.717, 1.165) is 32.7 Å². The average molecular weight is 209 g/mol. The molecule has 4 heteroatoms. The fourth-order valence-corrected chi connectivity index (χ4v) is 2.05.